The van der Waals surface area contributed by atoms with E-state index in [2.05, 4.69) is 12.2 Å². The van der Waals surface area contributed by atoms with Gasteiger partial charge in [0, 0.05) is 13.1 Å². The van der Waals surface area contributed by atoms with Crippen molar-refractivity contribution in [2.75, 3.05) is 25.0 Å². The standard InChI is InChI=1S/C16H23ClN2O3/c1-3-4-5-9-19(10-11-20)16(22)15(21)18-13-8-6-7-12(2)14(13)17/h6-8,20H,3-5,9-11H2,1-2H3,(H,18,21). The van der Waals surface area contributed by atoms with Gasteiger partial charge in [-0.1, -0.05) is 43.5 Å². The molecule has 0 aliphatic rings. The molecular weight excluding hydrogens is 304 g/mol. The summed E-state index contributed by atoms with van der Waals surface area (Å²) < 4.78 is 0. The molecule has 1 aromatic rings. The molecule has 0 heterocycles. The molecule has 0 atom stereocenters. The van der Waals surface area contributed by atoms with E-state index in [0.717, 1.165) is 24.8 Å². The van der Waals surface area contributed by atoms with E-state index in [1.165, 1.54) is 4.90 Å². The van der Waals surface area contributed by atoms with Gasteiger partial charge in [0.05, 0.1) is 17.3 Å². The lowest BCUT2D eigenvalue weighted by atomic mass is 10.2. The molecule has 2 amide bonds. The summed E-state index contributed by atoms with van der Waals surface area (Å²) in [5.41, 5.74) is 1.24. The van der Waals surface area contributed by atoms with Gasteiger partial charge < -0.3 is 15.3 Å². The highest BCUT2D eigenvalue weighted by Crippen LogP contribution is 2.25. The molecule has 1 aromatic carbocycles. The van der Waals surface area contributed by atoms with Crippen molar-refractivity contribution >= 4 is 29.1 Å². The number of hydrogen-bond donors (Lipinski definition) is 2. The number of halogens is 1. The smallest absolute Gasteiger partial charge is 0.313 e. The third kappa shape index (κ3) is 5.31. The van der Waals surface area contributed by atoms with Crippen molar-refractivity contribution in [2.24, 2.45) is 0 Å². The summed E-state index contributed by atoms with van der Waals surface area (Å²) in [5, 5.41) is 12.0. The Morgan fingerprint density at radius 3 is 2.64 bits per heavy atom. The molecule has 5 nitrogen and oxygen atoms in total. The van der Waals surface area contributed by atoms with Crippen LogP contribution in [-0.4, -0.2) is 41.5 Å². The molecule has 0 aliphatic heterocycles. The molecule has 0 aromatic heterocycles. The van der Waals surface area contributed by atoms with E-state index in [1.807, 2.05) is 13.0 Å². The molecule has 122 valence electrons. The topological polar surface area (TPSA) is 69.6 Å². The first-order chi connectivity index (χ1) is 10.5. The van der Waals surface area contributed by atoms with Gasteiger partial charge in [-0.2, -0.15) is 0 Å². The van der Waals surface area contributed by atoms with E-state index in [9.17, 15) is 9.59 Å². The molecule has 0 saturated carbocycles. The third-order valence-corrected chi connectivity index (χ3v) is 3.82. The number of aliphatic hydroxyl groups excluding tert-OH is 1. The molecule has 0 spiro atoms. The Kier molecular flexibility index (Phi) is 7.91. The molecule has 2 N–H and O–H groups in total. The lowest BCUT2D eigenvalue weighted by molar-refractivity contribution is -0.143. The fraction of sp³-hybridized carbons (Fsp3) is 0.500. The van der Waals surface area contributed by atoms with Gasteiger partial charge in [0.2, 0.25) is 0 Å². The van der Waals surface area contributed by atoms with E-state index >= 15 is 0 Å². The molecule has 0 saturated heterocycles. The number of hydrogen-bond acceptors (Lipinski definition) is 3. The number of aliphatic hydroxyl groups is 1. The van der Waals surface area contributed by atoms with E-state index in [-0.39, 0.29) is 13.2 Å². The number of unbranched alkanes of at least 4 members (excludes halogenated alkanes) is 2. The number of carbonyl (C=O) groups excluding carboxylic acids is 2. The van der Waals surface area contributed by atoms with Crippen LogP contribution in [0.2, 0.25) is 5.02 Å². The van der Waals surface area contributed by atoms with Crippen LogP contribution >= 0.6 is 11.6 Å². The number of anilines is 1. The summed E-state index contributed by atoms with van der Waals surface area (Å²) >= 11 is 6.11. The molecule has 0 fully saturated rings. The van der Waals surface area contributed by atoms with Crippen molar-refractivity contribution < 1.29 is 14.7 Å². The van der Waals surface area contributed by atoms with E-state index in [1.54, 1.807) is 12.1 Å². The summed E-state index contributed by atoms with van der Waals surface area (Å²) in [6.45, 7) is 4.32. The fourth-order valence-electron chi connectivity index (χ4n) is 2.05. The monoisotopic (exact) mass is 326 g/mol. The highest BCUT2D eigenvalue weighted by atomic mass is 35.5. The van der Waals surface area contributed by atoms with Gasteiger partial charge in [-0.05, 0) is 25.0 Å². The predicted octanol–water partition coefficient (Wildman–Crippen LogP) is 2.60. The molecule has 0 unspecified atom stereocenters. The summed E-state index contributed by atoms with van der Waals surface area (Å²) in [7, 11) is 0. The molecule has 0 bridgehead atoms. The van der Waals surface area contributed by atoms with Crippen molar-refractivity contribution in [3.05, 3.63) is 28.8 Å². The van der Waals surface area contributed by atoms with Gasteiger partial charge in [-0.15, -0.1) is 0 Å². The highest BCUT2D eigenvalue weighted by molar-refractivity contribution is 6.41. The predicted molar refractivity (Wildman–Crippen MR) is 88.0 cm³/mol. The average molecular weight is 327 g/mol. The van der Waals surface area contributed by atoms with E-state index in [0.29, 0.717) is 17.3 Å². The van der Waals surface area contributed by atoms with Gasteiger partial charge in [0.15, 0.2) is 0 Å². The minimum atomic E-state index is -0.738. The molecule has 0 aliphatic carbocycles. The number of carbonyl (C=O) groups is 2. The van der Waals surface area contributed by atoms with E-state index < -0.39 is 11.8 Å². The Morgan fingerprint density at radius 2 is 2.00 bits per heavy atom. The molecule has 6 heteroatoms. The number of amides is 2. The number of rotatable bonds is 7. The minimum absolute atomic E-state index is 0.150. The second kappa shape index (κ2) is 9.43. The summed E-state index contributed by atoms with van der Waals surface area (Å²) in [6, 6.07) is 5.23. The lowest BCUT2D eigenvalue weighted by Gasteiger charge is -2.21. The Bertz CT molecular complexity index is 520. The van der Waals surface area contributed by atoms with Crippen LogP contribution in [0.3, 0.4) is 0 Å². The number of aryl methyl sites for hydroxylation is 1. The maximum atomic E-state index is 12.2. The molecule has 1 rings (SSSR count). The fourth-order valence-corrected chi connectivity index (χ4v) is 2.22. The second-order valence-corrected chi connectivity index (χ2v) is 5.49. The quantitative estimate of drug-likeness (QED) is 0.597. The first-order valence-electron chi connectivity index (χ1n) is 7.47. The maximum Gasteiger partial charge on any atom is 0.313 e. The van der Waals surface area contributed by atoms with Crippen LogP contribution < -0.4 is 5.32 Å². The summed E-state index contributed by atoms with van der Waals surface area (Å²) in [5.74, 6) is -1.39. The minimum Gasteiger partial charge on any atom is -0.395 e. The first-order valence-corrected chi connectivity index (χ1v) is 7.85. The van der Waals surface area contributed by atoms with Crippen LogP contribution in [0.1, 0.15) is 31.7 Å². The zero-order chi connectivity index (χ0) is 16.5. The van der Waals surface area contributed by atoms with Crippen LogP contribution in [-0.2, 0) is 9.59 Å². The van der Waals surface area contributed by atoms with Crippen molar-refractivity contribution in [2.45, 2.75) is 33.1 Å². The van der Waals surface area contributed by atoms with Crippen molar-refractivity contribution in [1.29, 1.82) is 0 Å². The molecular formula is C16H23ClN2O3. The lowest BCUT2D eigenvalue weighted by Crippen LogP contribution is -2.41. The Balaban J connectivity index is 2.72. The van der Waals surface area contributed by atoms with Gasteiger partial charge in [-0.3, -0.25) is 9.59 Å². The summed E-state index contributed by atoms with van der Waals surface area (Å²) in [6.07, 6.45) is 2.80. The van der Waals surface area contributed by atoms with E-state index in [4.69, 9.17) is 16.7 Å². The SMILES string of the molecule is CCCCCN(CCO)C(=O)C(=O)Nc1cccc(C)c1Cl. The highest BCUT2D eigenvalue weighted by Gasteiger charge is 2.22. The number of nitrogens with zero attached hydrogens (tertiary/aromatic N) is 1. The van der Waals surface area contributed by atoms with Crippen LogP contribution in [0, 0.1) is 6.92 Å². The summed E-state index contributed by atoms with van der Waals surface area (Å²) in [4.78, 5) is 25.6. The molecule has 0 radical (unpaired) electrons. The maximum absolute atomic E-state index is 12.2. The van der Waals surface area contributed by atoms with Crippen molar-refractivity contribution in [3.8, 4) is 0 Å². The second-order valence-electron chi connectivity index (χ2n) is 5.11. The van der Waals surface area contributed by atoms with Gasteiger partial charge in [-0.25, -0.2) is 0 Å². The largest absolute Gasteiger partial charge is 0.395 e. The number of nitrogens with one attached hydrogen (secondary N) is 1. The molecule has 22 heavy (non-hydrogen) atoms. The van der Waals surface area contributed by atoms with Gasteiger partial charge >= 0.3 is 11.8 Å². The van der Waals surface area contributed by atoms with Gasteiger partial charge in [0.25, 0.3) is 0 Å². The zero-order valence-electron chi connectivity index (χ0n) is 13.1. The van der Waals surface area contributed by atoms with Crippen LogP contribution in [0.4, 0.5) is 5.69 Å². The van der Waals surface area contributed by atoms with Gasteiger partial charge in [0.1, 0.15) is 0 Å². The average Bonchev–Trinajstić information content (AvgIpc) is 2.50. The Hall–Kier alpha value is -1.59. The zero-order valence-corrected chi connectivity index (χ0v) is 13.8. The number of benzene rings is 1. The Labute approximate surface area is 136 Å². The third-order valence-electron chi connectivity index (χ3n) is 3.32. The van der Waals surface area contributed by atoms with Crippen molar-refractivity contribution in [3.63, 3.8) is 0 Å². The van der Waals surface area contributed by atoms with Crippen LogP contribution in [0.5, 0.6) is 0 Å². The van der Waals surface area contributed by atoms with Crippen LogP contribution in [0.15, 0.2) is 18.2 Å². The van der Waals surface area contributed by atoms with Crippen LogP contribution in [0.25, 0.3) is 0 Å². The first kappa shape index (κ1) is 18.5. The Morgan fingerprint density at radius 1 is 1.27 bits per heavy atom. The normalized spacial score (nSPS) is 10.4. The van der Waals surface area contributed by atoms with Crippen molar-refractivity contribution in [1.82, 2.24) is 4.90 Å².